The molecule has 0 aliphatic rings. The van der Waals surface area contributed by atoms with Crippen LogP contribution in [0.4, 0.5) is 4.79 Å². The zero-order valence-corrected chi connectivity index (χ0v) is 12.5. The number of carbonyl (C=O) groups excluding carboxylic acids is 1. The summed E-state index contributed by atoms with van der Waals surface area (Å²) in [6, 6.07) is 3.84. The molecule has 0 saturated carbocycles. The summed E-state index contributed by atoms with van der Waals surface area (Å²) in [6.07, 6.45) is 5.01. The number of hydrogen-bond donors (Lipinski definition) is 1. The molecule has 0 radical (unpaired) electrons. The quantitative estimate of drug-likeness (QED) is 0.917. The van der Waals surface area contributed by atoms with Gasteiger partial charge in [-0.2, -0.15) is 5.10 Å². The van der Waals surface area contributed by atoms with Gasteiger partial charge in [0.05, 0.1) is 18.5 Å². The molecule has 21 heavy (non-hydrogen) atoms. The largest absolute Gasteiger partial charge is 0.449 e. The highest BCUT2D eigenvalue weighted by Crippen LogP contribution is 2.15. The standard InChI is InChI=1S/C15H20N4O2/c1-11(2)10-21-15(20)17-7-12-4-5-14(16-6-12)13-8-18-19(3)9-13/h4-6,8-9,11H,7,10H2,1-3H3,(H,17,20). The Morgan fingerprint density at radius 2 is 2.19 bits per heavy atom. The molecule has 2 aromatic heterocycles. The lowest BCUT2D eigenvalue weighted by atomic mass is 10.2. The Morgan fingerprint density at radius 3 is 2.76 bits per heavy atom. The van der Waals surface area contributed by atoms with Gasteiger partial charge in [-0.05, 0) is 17.5 Å². The van der Waals surface area contributed by atoms with Crippen molar-refractivity contribution in [1.29, 1.82) is 0 Å². The molecule has 0 aliphatic heterocycles. The first kappa shape index (κ1) is 15.0. The van der Waals surface area contributed by atoms with E-state index in [2.05, 4.69) is 15.4 Å². The van der Waals surface area contributed by atoms with Crippen molar-refractivity contribution >= 4 is 6.09 Å². The number of ether oxygens (including phenoxy) is 1. The molecule has 6 heteroatoms. The van der Waals surface area contributed by atoms with Gasteiger partial charge in [0.15, 0.2) is 0 Å². The molecular weight excluding hydrogens is 268 g/mol. The maximum absolute atomic E-state index is 11.4. The van der Waals surface area contributed by atoms with Crippen molar-refractivity contribution in [3.8, 4) is 11.3 Å². The fourth-order valence-electron chi connectivity index (χ4n) is 1.72. The van der Waals surface area contributed by atoms with Gasteiger partial charge in [0.2, 0.25) is 0 Å². The van der Waals surface area contributed by atoms with Gasteiger partial charge >= 0.3 is 6.09 Å². The van der Waals surface area contributed by atoms with Gasteiger partial charge in [0, 0.05) is 31.5 Å². The minimum Gasteiger partial charge on any atom is -0.449 e. The number of hydrogen-bond acceptors (Lipinski definition) is 4. The van der Waals surface area contributed by atoms with Crippen molar-refractivity contribution in [2.45, 2.75) is 20.4 Å². The third kappa shape index (κ3) is 4.59. The van der Waals surface area contributed by atoms with E-state index in [0.717, 1.165) is 16.8 Å². The number of nitrogens with one attached hydrogen (secondary N) is 1. The first-order chi connectivity index (χ1) is 10.0. The Balaban J connectivity index is 1.86. The van der Waals surface area contributed by atoms with Crippen LogP contribution in [0.3, 0.4) is 0 Å². The molecule has 0 aromatic carbocycles. The Labute approximate surface area is 124 Å². The highest BCUT2D eigenvalue weighted by molar-refractivity contribution is 5.67. The van der Waals surface area contributed by atoms with Gasteiger partial charge in [0.1, 0.15) is 0 Å². The number of nitrogens with zero attached hydrogens (tertiary/aromatic N) is 3. The molecule has 0 atom stereocenters. The van der Waals surface area contributed by atoms with Crippen molar-refractivity contribution in [3.63, 3.8) is 0 Å². The van der Waals surface area contributed by atoms with Gasteiger partial charge < -0.3 is 10.1 Å². The molecule has 0 aliphatic carbocycles. The van der Waals surface area contributed by atoms with Crippen molar-refractivity contribution in [2.75, 3.05) is 6.61 Å². The smallest absolute Gasteiger partial charge is 0.407 e. The van der Waals surface area contributed by atoms with Gasteiger partial charge in [-0.1, -0.05) is 19.9 Å². The summed E-state index contributed by atoms with van der Waals surface area (Å²) in [6.45, 7) is 4.81. The molecule has 0 bridgehead atoms. The summed E-state index contributed by atoms with van der Waals surface area (Å²) >= 11 is 0. The van der Waals surface area contributed by atoms with Gasteiger partial charge in [-0.25, -0.2) is 4.79 Å². The first-order valence-corrected chi connectivity index (χ1v) is 6.89. The molecule has 1 N–H and O–H groups in total. The van der Waals surface area contributed by atoms with Gasteiger partial charge in [-0.15, -0.1) is 0 Å². The summed E-state index contributed by atoms with van der Waals surface area (Å²) in [4.78, 5) is 15.8. The van der Waals surface area contributed by atoms with E-state index < -0.39 is 6.09 Å². The number of aryl methyl sites for hydroxylation is 1. The van der Waals surface area contributed by atoms with Gasteiger partial charge in [0.25, 0.3) is 0 Å². The van der Waals surface area contributed by atoms with Crippen LogP contribution in [-0.4, -0.2) is 27.5 Å². The molecule has 112 valence electrons. The minimum atomic E-state index is -0.403. The average Bonchev–Trinajstić information content (AvgIpc) is 2.90. The van der Waals surface area contributed by atoms with Crippen molar-refractivity contribution in [2.24, 2.45) is 13.0 Å². The number of carbonyl (C=O) groups is 1. The minimum absolute atomic E-state index is 0.330. The summed E-state index contributed by atoms with van der Waals surface area (Å²) < 4.78 is 6.77. The predicted molar refractivity (Wildman–Crippen MR) is 79.5 cm³/mol. The summed E-state index contributed by atoms with van der Waals surface area (Å²) in [5, 5.41) is 6.81. The van der Waals surface area contributed by atoms with Crippen LogP contribution in [0.1, 0.15) is 19.4 Å². The first-order valence-electron chi connectivity index (χ1n) is 6.89. The number of amides is 1. The molecule has 0 saturated heterocycles. The fourth-order valence-corrected chi connectivity index (χ4v) is 1.72. The van der Waals surface area contributed by atoms with E-state index in [4.69, 9.17) is 4.74 Å². The molecule has 2 heterocycles. The molecule has 2 aromatic rings. The van der Waals surface area contributed by atoms with E-state index in [0.29, 0.717) is 19.1 Å². The molecule has 0 unspecified atom stereocenters. The second-order valence-corrected chi connectivity index (χ2v) is 5.30. The molecule has 1 amide bonds. The second kappa shape index (κ2) is 6.88. The highest BCUT2D eigenvalue weighted by Gasteiger charge is 2.05. The van der Waals surface area contributed by atoms with Gasteiger partial charge in [-0.3, -0.25) is 9.67 Å². The SMILES string of the molecule is CC(C)COC(=O)NCc1ccc(-c2cnn(C)c2)nc1. The van der Waals surface area contributed by atoms with Crippen LogP contribution in [0.2, 0.25) is 0 Å². The topological polar surface area (TPSA) is 69.0 Å². The summed E-state index contributed by atoms with van der Waals surface area (Å²) in [7, 11) is 1.87. The van der Waals surface area contributed by atoms with Crippen LogP contribution in [0.5, 0.6) is 0 Å². The lowest BCUT2D eigenvalue weighted by Gasteiger charge is -2.08. The molecule has 0 fully saturated rings. The van der Waals surface area contributed by atoms with E-state index in [1.165, 1.54) is 0 Å². The van der Waals surface area contributed by atoms with Crippen LogP contribution in [-0.2, 0) is 18.3 Å². The molecule has 6 nitrogen and oxygen atoms in total. The molecule has 2 rings (SSSR count). The highest BCUT2D eigenvalue weighted by atomic mass is 16.5. The van der Waals surface area contributed by atoms with E-state index >= 15 is 0 Å². The number of alkyl carbamates (subject to hydrolysis) is 1. The lowest BCUT2D eigenvalue weighted by molar-refractivity contribution is 0.132. The molecule has 0 spiro atoms. The van der Waals surface area contributed by atoms with Crippen LogP contribution in [0.15, 0.2) is 30.7 Å². The average molecular weight is 288 g/mol. The van der Waals surface area contributed by atoms with Crippen LogP contribution >= 0.6 is 0 Å². The van der Waals surface area contributed by atoms with Crippen LogP contribution in [0, 0.1) is 5.92 Å². The Bertz CT molecular complexity index is 590. The van der Waals surface area contributed by atoms with Crippen LogP contribution < -0.4 is 5.32 Å². The molecular formula is C15H20N4O2. The summed E-state index contributed by atoms with van der Waals surface area (Å²) in [5.74, 6) is 0.330. The zero-order valence-electron chi connectivity index (χ0n) is 12.5. The Hall–Kier alpha value is -2.37. The number of aromatic nitrogens is 3. The lowest BCUT2D eigenvalue weighted by Crippen LogP contribution is -2.25. The summed E-state index contributed by atoms with van der Waals surface area (Å²) in [5.41, 5.74) is 2.74. The van der Waals surface area contributed by atoms with Crippen molar-refractivity contribution in [3.05, 3.63) is 36.3 Å². The monoisotopic (exact) mass is 288 g/mol. The van der Waals surface area contributed by atoms with Crippen molar-refractivity contribution < 1.29 is 9.53 Å². The normalized spacial score (nSPS) is 10.7. The van der Waals surface area contributed by atoms with E-state index in [1.807, 2.05) is 39.2 Å². The maximum Gasteiger partial charge on any atom is 0.407 e. The maximum atomic E-state index is 11.4. The number of pyridine rings is 1. The van der Waals surface area contributed by atoms with E-state index in [-0.39, 0.29) is 0 Å². The van der Waals surface area contributed by atoms with E-state index in [1.54, 1.807) is 17.1 Å². The predicted octanol–water partition coefficient (Wildman–Crippen LogP) is 2.36. The Kier molecular flexibility index (Phi) is 4.92. The Morgan fingerprint density at radius 1 is 1.38 bits per heavy atom. The van der Waals surface area contributed by atoms with Crippen LogP contribution in [0.25, 0.3) is 11.3 Å². The fraction of sp³-hybridized carbons (Fsp3) is 0.400. The van der Waals surface area contributed by atoms with Crippen molar-refractivity contribution in [1.82, 2.24) is 20.1 Å². The second-order valence-electron chi connectivity index (χ2n) is 5.30. The third-order valence-corrected chi connectivity index (χ3v) is 2.81. The number of rotatable bonds is 5. The third-order valence-electron chi connectivity index (χ3n) is 2.81. The zero-order chi connectivity index (χ0) is 15.2. The van der Waals surface area contributed by atoms with E-state index in [9.17, 15) is 4.79 Å².